The molecule has 0 saturated heterocycles. The minimum absolute atomic E-state index is 0.559. The highest BCUT2D eigenvalue weighted by molar-refractivity contribution is 5.42. The fourth-order valence-electron chi connectivity index (χ4n) is 2.10. The number of para-hydroxylation sites is 1. The first-order valence-corrected chi connectivity index (χ1v) is 7.33. The van der Waals surface area contributed by atoms with Gasteiger partial charge in [-0.3, -0.25) is 0 Å². The lowest BCUT2D eigenvalue weighted by atomic mass is 10.2. The Hall–Kier alpha value is -2.35. The number of aromatic nitrogens is 3. The van der Waals surface area contributed by atoms with Crippen molar-refractivity contribution in [3.05, 3.63) is 41.5 Å². The molecule has 1 aromatic heterocycles. The van der Waals surface area contributed by atoms with Gasteiger partial charge in [-0.1, -0.05) is 26.0 Å². The predicted molar refractivity (Wildman–Crippen MR) is 80.0 cm³/mol. The molecule has 0 aliphatic carbocycles. The minimum Gasteiger partial charge on any atom is -0.492 e. The summed E-state index contributed by atoms with van der Waals surface area (Å²) in [7, 11) is 0. The molecule has 0 bridgehead atoms. The summed E-state index contributed by atoms with van der Waals surface area (Å²) in [5.41, 5.74) is 0.570. The largest absolute Gasteiger partial charge is 0.492 e. The molecule has 0 radical (unpaired) electrons. The first kappa shape index (κ1) is 15.0. The highest BCUT2D eigenvalue weighted by atomic mass is 16.5. The normalized spacial score (nSPS) is 10.3. The van der Waals surface area contributed by atoms with Crippen LogP contribution in [0.15, 0.2) is 24.3 Å². The first-order chi connectivity index (χ1) is 10.3. The molecule has 0 atom stereocenters. The van der Waals surface area contributed by atoms with Crippen molar-refractivity contribution in [2.24, 2.45) is 0 Å². The Morgan fingerprint density at radius 1 is 1.24 bits per heavy atom. The Bertz CT molecular complexity index is 627. The van der Waals surface area contributed by atoms with Gasteiger partial charge in [-0.05, 0) is 12.1 Å². The monoisotopic (exact) mass is 284 g/mol. The van der Waals surface area contributed by atoms with E-state index in [9.17, 15) is 0 Å². The zero-order valence-electron chi connectivity index (χ0n) is 12.5. The zero-order chi connectivity index (χ0) is 15.1. The summed E-state index contributed by atoms with van der Waals surface area (Å²) in [5, 5.41) is 13.5. The van der Waals surface area contributed by atoms with Gasteiger partial charge in [0.1, 0.15) is 17.6 Å². The molecule has 0 saturated carbocycles. The third kappa shape index (κ3) is 3.82. The van der Waals surface area contributed by atoms with Crippen LogP contribution in [-0.4, -0.2) is 21.4 Å². The van der Waals surface area contributed by atoms with E-state index < -0.39 is 0 Å². The average molecular weight is 284 g/mol. The molecule has 0 unspecified atom stereocenters. The van der Waals surface area contributed by atoms with E-state index in [4.69, 9.17) is 10.00 Å². The average Bonchev–Trinajstić information content (AvgIpc) is 2.94. The summed E-state index contributed by atoms with van der Waals surface area (Å²) in [6, 6.07) is 9.42. The number of hydrogen-bond acceptors (Lipinski definition) is 4. The summed E-state index contributed by atoms with van der Waals surface area (Å²) in [6.45, 7) is 5.48. The summed E-state index contributed by atoms with van der Waals surface area (Å²) < 4.78 is 7.63. The molecule has 5 nitrogen and oxygen atoms in total. The van der Waals surface area contributed by atoms with Crippen LogP contribution in [-0.2, 0) is 19.4 Å². The number of nitriles is 1. The highest BCUT2D eigenvalue weighted by Gasteiger charge is 2.07. The van der Waals surface area contributed by atoms with E-state index in [2.05, 4.69) is 30.0 Å². The number of rotatable bonds is 7. The second-order valence-electron chi connectivity index (χ2n) is 4.68. The second kappa shape index (κ2) is 7.44. The number of hydrogen-bond donors (Lipinski definition) is 0. The lowest BCUT2D eigenvalue weighted by Gasteiger charge is -2.08. The molecule has 2 rings (SSSR count). The van der Waals surface area contributed by atoms with Crippen molar-refractivity contribution < 1.29 is 4.74 Å². The summed E-state index contributed by atoms with van der Waals surface area (Å²) >= 11 is 0. The Morgan fingerprint density at radius 2 is 2.05 bits per heavy atom. The molecular weight excluding hydrogens is 264 g/mol. The molecule has 0 N–H and O–H groups in total. The van der Waals surface area contributed by atoms with E-state index in [0.29, 0.717) is 17.9 Å². The van der Waals surface area contributed by atoms with Gasteiger partial charge in [0.15, 0.2) is 5.82 Å². The molecule has 110 valence electrons. The van der Waals surface area contributed by atoms with Gasteiger partial charge in [-0.25, -0.2) is 9.67 Å². The standard InChI is InChI=1S/C16H20N4O/c1-3-15-18-16(4-2)20(19-15)10-7-11-21-14-9-6-5-8-13(14)12-17/h5-6,8-9H,3-4,7,10-11H2,1-2H3. The van der Waals surface area contributed by atoms with Crippen LogP contribution in [0.3, 0.4) is 0 Å². The molecule has 0 aliphatic heterocycles. The van der Waals surface area contributed by atoms with Crippen LogP contribution in [0.1, 0.15) is 37.5 Å². The maximum absolute atomic E-state index is 9.00. The van der Waals surface area contributed by atoms with Crippen molar-refractivity contribution in [3.8, 4) is 11.8 Å². The number of benzene rings is 1. The maximum atomic E-state index is 9.00. The van der Waals surface area contributed by atoms with Crippen LogP contribution >= 0.6 is 0 Å². The Kier molecular flexibility index (Phi) is 5.33. The second-order valence-corrected chi connectivity index (χ2v) is 4.68. The van der Waals surface area contributed by atoms with Crippen molar-refractivity contribution >= 4 is 0 Å². The van der Waals surface area contributed by atoms with Gasteiger partial charge in [-0.15, -0.1) is 0 Å². The zero-order valence-corrected chi connectivity index (χ0v) is 12.5. The van der Waals surface area contributed by atoms with Crippen molar-refractivity contribution in [2.75, 3.05) is 6.61 Å². The van der Waals surface area contributed by atoms with Gasteiger partial charge < -0.3 is 4.74 Å². The molecule has 0 fully saturated rings. The molecule has 1 aromatic carbocycles. The van der Waals surface area contributed by atoms with Crippen LogP contribution in [0.25, 0.3) is 0 Å². The Labute approximate surface area is 125 Å². The number of aryl methyl sites for hydroxylation is 3. The van der Waals surface area contributed by atoms with Gasteiger partial charge in [0.05, 0.1) is 12.2 Å². The lowest BCUT2D eigenvalue weighted by molar-refractivity contribution is 0.296. The van der Waals surface area contributed by atoms with Gasteiger partial charge in [0, 0.05) is 25.8 Å². The quantitative estimate of drug-likeness (QED) is 0.733. The number of nitrogens with zero attached hydrogens (tertiary/aromatic N) is 4. The van der Waals surface area contributed by atoms with E-state index in [-0.39, 0.29) is 0 Å². The van der Waals surface area contributed by atoms with Gasteiger partial charge in [-0.2, -0.15) is 10.4 Å². The fraction of sp³-hybridized carbons (Fsp3) is 0.438. The minimum atomic E-state index is 0.559. The van der Waals surface area contributed by atoms with Crippen molar-refractivity contribution in [3.63, 3.8) is 0 Å². The molecule has 0 amide bonds. The van der Waals surface area contributed by atoms with Crippen molar-refractivity contribution in [1.82, 2.24) is 14.8 Å². The smallest absolute Gasteiger partial charge is 0.150 e. The lowest BCUT2D eigenvalue weighted by Crippen LogP contribution is -2.09. The summed E-state index contributed by atoms with van der Waals surface area (Å²) in [5.74, 6) is 2.55. The number of ether oxygens (including phenoxy) is 1. The molecule has 0 spiro atoms. The maximum Gasteiger partial charge on any atom is 0.150 e. The SMILES string of the molecule is CCc1nc(CC)n(CCCOc2ccccc2C#N)n1. The van der Waals surface area contributed by atoms with Crippen LogP contribution in [0.4, 0.5) is 0 Å². The van der Waals surface area contributed by atoms with E-state index >= 15 is 0 Å². The molecule has 21 heavy (non-hydrogen) atoms. The Balaban J connectivity index is 1.87. The van der Waals surface area contributed by atoms with Crippen LogP contribution in [0.5, 0.6) is 5.75 Å². The van der Waals surface area contributed by atoms with Gasteiger partial charge in [0.2, 0.25) is 0 Å². The first-order valence-electron chi connectivity index (χ1n) is 7.33. The van der Waals surface area contributed by atoms with Gasteiger partial charge >= 0.3 is 0 Å². The van der Waals surface area contributed by atoms with Gasteiger partial charge in [0.25, 0.3) is 0 Å². The molecule has 0 aliphatic rings. The Morgan fingerprint density at radius 3 is 2.76 bits per heavy atom. The van der Waals surface area contributed by atoms with Crippen LogP contribution in [0, 0.1) is 11.3 Å². The molecular formula is C16H20N4O. The van der Waals surface area contributed by atoms with Crippen molar-refractivity contribution in [1.29, 1.82) is 5.26 Å². The van der Waals surface area contributed by atoms with E-state index in [1.807, 2.05) is 22.9 Å². The fourth-order valence-corrected chi connectivity index (χ4v) is 2.10. The third-order valence-electron chi connectivity index (χ3n) is 3.20. The van der Waals surface area contributed by atoms with Crippen LogP contribution < -0.4 is 4.74 Å². The van der Waals surface area contributed by atoms with E-state index in [1.54, 1.807) is 6.07 Å². The van der Waals surface area contributed by atoms with E-state index in [0.717, 1.165) is 37.5 Å². The topological polar surface area (TPSA) is 63.7 Å². The molecule has 5 heteroatoms. The van der Waals surface area contributed by atoms with Crippen LogP contribution in [0.2, 0.25) is 0 Å². The third-order valence-corrected chi connectivity index (χ3v) is 3.20. The highest BCUT2D eigenvalue weighted by Crippen LogP contribution is 2.16. The predicted octanol–water partition coefficient (Wildman–Crippen LogP) is 2.74. The summed E-state index contributed by atoms with van der Waals surface area (Å²) in [4.78, 5) is 4.48. The molecule has 1 heterocycles. The summed E-state index contributed by atoms with van der Waals surface area (Å²) in [6.07, 6.45) is 2.57. The van der Waals surface area contributed by atoms with E-state index in [1.165, 1.54) is 0 Å². The molecule has 2 aromatic rings. The van der Waals surface area contributed by atoms with Crippen molar-refractivity contribution in [2.45, 2.75) is 39.7 Å².